The largest absolute Gasteiger partial charge is 0.350 e. The van der Waals surface area contributed by atoms with Gasteiger partial charge in [-0.25, -0.2) is 4.39 Å². The molecule has 0 unspecified atom stereocenters. The highest BCUT2D eigenvalue weighted by atomic mass is 19.1. The second-order valence-electron chi connectivity index (χ2n) is 7.78. The summed E-state index contributed by atoms with van der Waals surface area (Å²) in [6, 6.07) is 10.4. The van der Waals surface area contributed by atoms with Crippen molar-refractivity contribution in [3.63, 3.8) is 0 Å². The number of aromatic nitrogens is 1. The van der Waals surface area contributed by atoms with Gasteiger partial charge in [-0.2, -0.15) is 0 Å². The molecule has 0 N–H and O–H groups in total. The van der Waals surface area contributed by atoms with Crippen molar-refractivity contribution in [3.05, 3.63) is 65.1 Å². The maximum absolute atomic E-state index is 13.7. The Morgan fingerprint density at radius 3 is 2.68 bits per heavy atom. The number of Topliss-reactive ketones (excluding diaryl/α,β-unsaturated/α-hetero) is 1. The molecule has 4 nitrogen and oxygen atoms in total. The van der Waals surface area contributed by atoms with Crippen molar-refractivity contribution in [1.29, 1.82) is 0 Å². The summed E-state index contributed by atoms with van der Waals surface area (Å²) in [4.78, 5) is 27.0. The van der Waals surface area contributed by atoms with Gasteiger partial charge in [0.15, 0.2) is 0 Å². The second kappa shape index (κ2) is 6.89. The summed E-state index contributed by atoms with van der Waals surface area (Å²) in [7, 11) is 1.85. The van der Waals surface area contributed by atoms with Crippen molar-refractivity contribution < 1.29 is 14.0 Å². The highest BCUT2D eigenvalue weighted by Crippen LogP contribution is 2.32. The first kappa shape index (κ1) is 18.4. The number of carbonyl (C=O) groups excluding carboxylic acids is 2. The van der Waals surface area contributed by atoms with Gasteiger partial charge >= 0.3 is 0 Å². The topological polar surface area (TPSA) is 42.3 Å². The standard InChI is InChI=1S/C23H23FN2O2/c1-14(2)22(27)11-15-4-6-20-16(10-15)8-9-26(20)23(28)19-13-25(3)21-7-5-17(24)12-18(19)21/h4-7,10,12-14H,8-9,11H2,1-3H3. The predicted octanol–water partition coefficient (Wildman–Crippen LogP) is 4.29. The average Bonchev–Trinajstić information content (AvgIpc) is 3.22. The van der Waals surface area contributed by atoms with Crippen molar-refractivity contribution in [2.75, 3.05) is 11.4 Å². The summed E-state index contributed by atoms with van der Waals surface area (Å²) in [5, 5.41) is 0.625. The molecule has 5 heteroatoms. The molecule has 2 heterocycles. The maximum atomic E-state index is 13.7. The molecule has 0 aliphatic carbocycles. The maximum Gasteiger partial charge on any atom is 0.260 e. The van der Waals surface area contributed by atoms with Crippen molar-refractivity contribution in [1.82, 2.24) is 4.57 Å². The van der Waals surface area contributed by atoms with E-state index >= 15 is 0 Å². The number of fused-ring (bicyclic) bond motifs is 2. The minimum atomic E-state index is -0.353. The first-order chi connectivity index (χ1) is 13.3. The third-order valence-corrected chi connectivity index (χ3v) is 5.49. The van der Waals surface area contributed by atoms with Gasteiger partial charge < -0.3 is 9.47 Å². The van der Waals surface area contributed by atoms with Crippen LogP contribution in [0.15, 0.2) is 42.6 Å². The number of amides is 1. The minimum Gasteiger partial charge on any atom is -0.350 e. The van der Waals surface area contributed by atoms with E-state index in [9.17, 15) is 14.0 Å². The molecule has 144 valence electrons. The lowest BCUT2D eigenvalue weighted by molar-refractivity contribution is -0.121. The monoisotopic (exact) mass is 378 g/mol. The van der Waals surface area contributed by atoms with Gasteiger partial charge in [-0.3, -0.25) is 9.59 Å². The van der Waals surface area contributed by atoms with E-state index in [1.807, 2.05) is 43.7 Å². The van der Waals surface area contributed by atoms with Gasteiger partial charge in [0.25, 0.3) is 5.91 Å². The fourth-order valence-electron chi connectivity index (χ4n) is 3.86. The zero-order valence-electron chi connectivity index (χ0n) is 16.3. The third kappa shape index (κ3) is 3.11. The molecule has 0 fully saturated rings. The van der Waals surface area contributed by atoms with Crippen LogP contribution in [0.3, 0.4) is 0 Å². The fourth-order valence-corrected chi connectivity index (χ4v) is 3.86. The molecule has 3 aromatic rings. The number of aryl methyl sites for hydroxylation is 1. The molecule has 0 spiro atoms. The average molecular weight is 378 g/mol. The number of carbonyl (C=O) groups is 2. The normalized spacial score (nSPS) is 13.4. The van der Waals surface area contributed by atoms with Crippen LogP contribution in [-0.2, 0) is 24.7 Å². The molecule has 1 amide bonds. The van der Waals surface area contributed by atoms with E-state index in [0.717, 1.165) is 28.8 Å². The van der Waals surface area contributed by atoms with Gasteiger partial charge in [0.1, 0.15) is 11.6 Å². The second-order valence-corrected chi connectivity index (χ2v) is 7.78. The SMILES string of the molecule is CC(C)C(=O)Cc1ccc2c(c1)CCN2C(=O)c1cn(C)c2ccc(F)cc12. The zero-order valence-corrected chi connectivity index (χ0v) is 16.3. The van der Waals surface area contributed by atoms with Crippen molar-refractivity contribution >= 4 is 28.3 Å². The Morgan fingerprint density at radius 2 is 1.93 bits per heavy atom. The van der Waals surface area contributed by atoms with Crippen LogP contribution in [0.1, 0.15) is 35.3 Å². The molecule has 28 heavy (non-hydrogen) atoms. The molecule has 0 saturated heterocycles. The van der Waals surface area contributed by atoms with Crippen LogP contribution in [0, 0.1) is 11.7 Å². The summed E-state index contributed by atoms with van der Waals surface area (Å²) in [5.74, 6) is -0.253. The fraction of sp³-hybridized carbons (Fsp3) is 0.304. The lowest BCUT2D eigenvalue weighted by atomic mass is 9.99. The molecule has 1 aliphatic rings. The molecule has 0 radical (unpaired) electrons. The van der Waals surface area contributed by atoms with Gasteiger partial charge in [-0.1, -0.05) is 26.0 Å². The molecule has 0 atom stereocenters. The van der Waals surface area contributed by atoms with Crippen LogP contribution >= 0.6 is 0 Å². The van der Waals surface area contributed by atoms with Crippen LogP contribution in [0.4, 0.5) is 10.1 Å². The van der Waals surface area contributed by atoms with Crippen LogP contribution < -0.4 is 4.90 Å². The van der Waals surface area contributed by atoms with Gasteiger partial charge in [0.2, 0.25) is 0 Å². The number of halogens is 1. The van der Waals surface area contributed by atoms with Gasteiger partial charge in [0, 0.05) is 48.7 Å². The van der Waals surface area contributed by atoms with Crippen molar-refractivity contribution in [2.24, 2.45) is 13.0 Å². The highest BCUT2D eigenvalue weighted by Gasteiger charge is 2.28. The number of ketones is 1. The van der Waals surface area contributed by atoms with Gasteiger partial charge in [0.05, 0.1) is 5.56 Å². The highest BCUT2D eigenvalue weighted by molar-refractivity contribution is 6.14. The van der Waals surface area contributed by atoms with Crippen LogP contribution in [-0.4, -0.2) is 22.8 Å². The summed E-state index contributed by atoms with van der Waals surface area (Å²) < 4.78 is 15.6. The lowest BCUT2D eigenvalue weighted by Crippen LogP contribution is -2.28. The zero-order chi connectivity index (χ0) is 20.0. The van der Waals surface area contributed by atoms with Crippen LogP contribution in [0.2, 0.25) is 0 Å². The molecular weight excluding hydrogens is 355 g/mol. The molecule has 1 aromatic heterocycles. The van der Waals surface area contributed by atoms with E-state index < -0.39 is 0 Å². The van der Waals surface area contributed by atoms with Crippen LogP contribution in [0.25, 0.3) is 10.9 Å². The van der Waals surface area contributed by atoms with E-state index in [1.165, 1.54) is 12.1 Å². The number of rotatable bonds is 4. The van der Waals surface area contributed by atoms with E-state index in [2.05, 4.69) is 0 Å². The van der Waals surface area contributed by atoms with E-state index in [-0.39, 0.29) is 23.4 Å². The van der Waals surface area contributed by atoms with Gasteiger partial charge in [-0.15, -0.1) is 0 Å². The molecular formula is C23H23FN2O2. The number of hydrogen-bond acceptors (Lipinski definition) is 2. The molecule has 1 aliphatic heterocycles. The predicted molar refractivity (Wildman–Crippen MR) is 108 cm³/mol. The van der Waals surface area contributed by atoms with Crippen molar-refractivity contribution in [2.45, 2.75) is 26.7 Å². The Bertz CT molecular complexity index is 1100. The van der Waals surface area contributed by atoms with Crippen LogP contribution in [0.5, 0.6) is 0 Å². The first-order valence-corrected chi connectivity index (χ1v) is 9.56. The Morgan fingerprint density at radius 1 is 1.14 bits per heavy atom. The Hall–Kier alpha value is -2.95. The minimum absolute atomic E-state index is 0.0121. The van der Waals surface area contributed by atoms with Gasteiger partial charge in [-0.05, 0) is 41.8 Å². The smallest absolute Gasteiger partial charge is 0.260 e. The lowest BCUT2D eigenvalue weighted by Gasteiger charge is -2.17. The number of anilines is 1. The number of nitrogens with zero attached hydrogens (tertiary/aromatic N) is 2. The van der Waals surface area contributed by atoms with E-state index in [4.69, 9.17) is 0 Å². The summed E-state index contributed by atoms with van der Waals surface area (Å²) >= 11 is 0. The summed E-state index contributed by atoms with van der Waals surface area (Å²) in [6.07, 6.45) is 2.94. The first-order valence-electron chi connectivity index (χ1n) is 9.56. The number of hydrogen-bond donors (Lipinski definition) is 0. The molecule has 0 saturated carbocycles. The Kier molecular flexibility index (Phi) is 4.53. The quantitative estimate of drug-likeness (QED) is 0.680. The molecule has 0 bridgehead atoms. The van der Waals surface area contributed by atoms with E-state index in [0.29, 0.717) is 23.9 Å². The summed E-state index contributed by atoms with van der Waals surface area (Å²) in [6.45, 7) is 4.40. The summed E-state index contributed by atoms with van der Waals surface area (Å²) in [5.41, 5.74) is 4.27. The molecule has 2 aromatic carbocycles. The third-order valence-electron chi connectivity index (χ3n) is 5.49. The number of benzene rings is 2. The molecule has 4 rings (SSSR count). The Labute approximate surface area is 163 Å². The van der Waals surface area contributed by atoms with Crippen molar-refractivity contribution in [3.8, 4) is 0 Å². The Balaban J connectivity index is 1.65. The van der Waals surface area contributed by atoms with E-state index in [1.54, 1.807) is 17.2 Å².